The molecule has 0 aromatic carbocycles. The quantitative estimate of drug-likeness (QED) is 0.379. The minimum absolute atomic E-state index is 0.0929. The topological polar surface area (TPSA) is 105 Å². The maximum atomic E-state index is 12.3. The fraction of sp³-hybridized carbons (Fsp3) is 0.700. The molecule has 8 heteroatoms. The molecule has 0 N–H and O–H groups in total. The van der Waals surface area contributed by atoms with Crippen molar-refractivity contribution in [2.24, 2.45) is 11.8 Å². The van der Waals surface area contributed by atoms with E-state index < -0.39 is 59.6 Å². The predicted octanol–water partition coefficient (Wildman–Crippen LogP) is 1.49. The van der Waals surface area contributed by atoms with Gasteiger partial charge in [-0.25, -0.2) is 4.79 Å². The molecule has 0 saturated carbocycles. The summed E-state index contributed by atoms with van der Waals surface area (Å²) in [5.41, 5.74) is -0.755. The number of hydrogen-bond donors (Lipinski definition) is 0. The molecule has 0 aromatic rings. The minimum atomic E-state index is -0.980. The number of carbonyl (C=O) groups excluding carboxylic acids is 4. The normalized spacial score (nSPS) is 36.7. The maximum absolute atomic E-state index is 12.3. The smallest absolute Gasteiger partial charge is 0.334 e. The van der Waals surface area contributed by atoms with Gasteiger partial charge in [0.05, 0.1) is 17.6 Å². The lowest BCUT2D eigenvalue weighted by Crippen LogP contribution is -2.45. The van der Waals surface area contributed by atoms with Crippen molar-refractivity contribution < 1.29 is 38.1 Å². The van der Waals surface area contributed by atoms with E-state index in [4.69, 9.17) is 18.9 Å². The molecule has 0 aromatic heterocycles. The Morgan fingerprint density at radius 3 is 2.61 bits per heavy atom. The maximum Gasteiger partial charge on any atom is 0.334 e. The van der Waals surface area contributed by atoms with Crippen LogP contribution < -0.4 is 0 Å². The van der Waals surface area contributed by atoms with Crippen molar-refractivity contribution in [2.45, 2.75) is 77.2 Å². The SMILES string of the molecule is C=C1C(=O)O[C@@H]2C[C@]3(C)O[C@@H](O[C@@H]3CC(=O)C(C)=O)[C@@H](OC(=O)CC(C)C)[C@@H]12. The van der Waals surface area contributed by atoms with Gasteiger partial charge >= 0.3 is 11.9 Å². The van der Waals surface area contributed by atoms with Crippen molar-refractivity contribution in [3.8, 4) is 0 Å². The second kappa shape index (κ2) is 7.40. The molecule has 3 fully saturated rings. The first kappa shape index (κ1) is 20.7. The van der Waals surface area contributed by atoms with E-state index in [1.54, 1.807) is 6.92 Å². The van der Waals surface area contributed by atoms with Crippen molar-refractivity contribution in [3.63, 3.8) is 0 Å². The molecule has 3 saturated heterocycles. The molecule has 2 bridgehead atoms. The number of ether oxygens (including phenoxy) is 4. The fourth-order valence-corrected chi connectivity index (χ4v) is 4.03. The Morgan fingerprint density at radius 1 is 1.32 bits per heavy atom. The van der Waals surface area contributed by atoms with Gasteiger partial charge in [0.15, 0.2) is 18.2 Å². The van der Waals surface area contributed by atoms with Gasteiger partial charge in [-0.3, -0.25) is 14.4 Å². The van der Waals surface area contributed by atoms with Crippen molar-refractivity contribution in [3.05, 3.63) is 12.2 Å². The monoisotopic (exact) mass is 394 g/mol. The van der Waals surface area contributed by atoms with E-state index in [9.17, 15) is 19.2 Å². The summed E-state index contributed by atoms with van der Waals surface area (Å²) in [6, 6.07) is 0. The molecule has 0 spiro atoms. The van der Waals surface area contributed by atoms with E-state index in [1.807, 2.05) is 13.8 Å². The highest BCUT2D eigenvalue weighted by Gasteiger charge is 2.61. The van der Waals surface area contributed by atoms with Crippen LogP contribution in [0.25, 0.3) is 0 Å². The fourth-order valence-electron chi connectivity index (χ4n) is 4.03. The highest BCUT2D eigenvalue weighted by Crippen LogP contribution is 2.48. The average molecular weight is 394 g/mol. The number of fused-ring (bicyclic) bond motifs is 3. The number of hydrogen-bond acceptors (Lipinski definition) is 8. The van der Waals surface area contributed by atoms with Crippen LogP contribution in [0.4, 0.5) is 0 Å². The molecule has 0 amide bonds. The van der Waals surface area contributed by atoms with Gasteiger partial charge in [0.25, 0.3) is 0 Å². The van der Waals surface area contributed by atoms with Crippen LogP contribution in [0, 0.1) is 11.8 Å². The minimum Gasteiger partial charge on any atom is -0.458 e. The third-order valence-corrected chi connectivity index (χ3v) is 5.52. The lowest BCUT2D eigenvalue weighted by Gasteiger charge is -2.32. The molecule has 28 heavy (non-hydrogen) atoms. The van der Waals surface area contributed by atoms with E-state index in [-0.39, 0.29) is 30.8 Å². The second-order valence-corrected chi connectivity index (χ2v) is 8.36. The molecule has 3 aliphatic heterocycles. The summed E-state index contributed by atoms with van der Waals surface area (Å²) >= 11 is 0. The van der Waals surface area contributed by atoms with Crippen LogP contribution in [0.1, 0.15) is 47.0 Å². The Hall–Kier alpha value is -2.06. The molecule has 6 atom stereocenters. The highest BCUT2D eigenvalue weighted by atomic mass is 16.8. The second-order valence-electron chi connectivity index (χ2n) is 8.36. The van der Waals surface area contributed by atoms with Crippen molar-refractivity contribution >= 4 is 23.5 Å². The first-order chi connectivity index (χ1) is 13.0. The standard InChI is InChI=1S/C20H26O8/c1-9(2)6-15(23)27-17-16-10(3)18(24)25-13(16)8-20(5)14(26-19(17)28-20)7-12(22)11(4)21/h9,13-14,16-17,19H,3,6-8H2,1-2,4-5H3/t13-,14-,16+,17+,19-,20+/m1/s1. The van der Waals surface area contributed by atoms with E-state index in [0.29, 0.717) is 0 Å². The van der Waals surface area contributed by atoms with Crippen LogP contribution in [-0.2, 0) is 38.1 Å². The number of esters is 2. The molecule has 3 rings (SSSR count). The zero-order valence-electron chi connectivity index (χ0n) is 16.6. The van der Waals surface area contributed by atoms with Gasteiger partial charge in [-0.15, -0.1) is 0 Å². The summed E-state index contributed by atoms with van der Waals surface area (Å²) in [7, 11) is 0. The van der Waals surface area contributed by atoms with Gasteiger partial charge in [0.1, 0.15) is 6.10 Å². The highest BCUT2D eigenvalue weighted by molar-refractivity contribution is 6.36. The molecule has 3 heterocycles. The van der Waals surface area contributed by atoms with Crippen molar-refractivity contribution in [1.82, 2.24) is 0 Å². The van der Waals surface area contributed by atoms with Crippen LogP contribution in [0.5, 0.6) is 0 Å². The Bertz CT molecular complexity index is 726. The third-order valence-electron chi connectivity index (χ3n) is 5.52. The summed E-state index contributed by atoms with van der Waals surface area (Å²) in [6.45, 7) is 10.5. The molecular formula is C20H26O8. The summed E-state index contributed by atoms with van der Waals surface area (Å²) < 4.78 is 23.1. The van der Waals surface area contributed by atoms with Gasteiger partial charge in [-0.2, -0.15) is 0 Å². The Morgan fingerprint density at radius 2 is 2.00 bits per heavy atom. The number of ketones is 2. The van der Waals surface area contributed by atoms with Gasteiger partial charge in [0, 0.05) is 31.8 Å². The molecule has 154 valence electrons. The largest absolute Gasteiger partial charge is 0.458 e. The lowest BCUT2D eigenvalue weighted by molar-refractivity contribution is -0.188. The van der Waals surface area contributed by atoms with Crippen LogP contribution in [0.2, 0.25) is 0 Å². The molecule has 0 radical (unpaired) electrons. The van der Waals surface area contributed by atoms with Gasteiger partial charge in [-0.05, 0) is 12.8 Å². The van der Waals surface area contributed by atoms with Crippen molar-refractivity contribution in [1.29, 1.82) is 0 Å². The van der Waals surface area contributed by atoms with E-state index in [0.717, 1.165) is 0 Å². The molecule has 0 aliphatic carbocycles. The third kappa shape index (κ3) is 3.75. The van der Waals surface area contributed by atoms with Crippen LogP contribution in [0.15, 0.2) is 12.2 Å². The van der Waals surface area contributed by atoms with E-state index in [1.165, 1.54) is 6.92 Å². The molecule has 8 nitrogen and oxygen atoms in total. The average Bonchev–Trinajstić information content (AvgIpc) is 2.97. The zero-order valence-corrected chi connectivity index (χ0v) is 16.6. The van der Waals surface area contributed by atoms with Crippen LogP contribution >= 0.6 is 0 Å². The zero-order chi connectivity index (χ0) is 20.8. The van der Waals surface area contributed by atoms with E-state index >= 15 is 0 Å². The molecular weight excluding hydrogens is 368 g/mol. The van der Waals surface area contributed by atoms with Gasteiger partial charge < -0.3 is 18.9 Å². The lowest BCUT2D eigenvalue weighted by atomic mass is 9.82. The first-order valence-electron chi connectivity index (χ1n) is 9.48. The Balaban J connectivity index is 1.89. The van der Waals surface area contributed by atoms with Gasteiger partial charge in [0.2, 0.25) is 5.78 Å². The summed E-state index contributed by atoms with van der Waals surface area (Å²) in [5, 5.41) is 0. The number of carbonyl (C=O) groups is 4. The number of Topliss-reactive ketones (excluding diaryl/α,β-unsaturated/α-hetero) is 2. The number of rotatable bonds is 6. The summed E-state index contributed by atoms with van der Waals surface area (Å²) in [4.78, 5) is 47.8. The Labute approximate surface area is 163 Å². The van der Waals surface area contributed by atoms with E-state index in [2.05, 4.69) is 6.58 Å². The first-order valence-corrected chi connectivity index (χ1v) is 9.48. The van der Waals surface area contributed by atoms with Crippen LogP contribution in [0.3, 0.4) is 0 Å². The van der Waals surface area contributed by atoms with Gasteiger partial charge in [-0.1, -0.05) is 20.4 Å². The molecule has 3 aliphatic rings. The molecule has 0 unspecified atom stereocenters. The summed E-state index contributed by atoms with van der Waals surface area (Å²) in [5.74, 6) is -2.61. The Kier molecular flexibility index (Phi) is 5.46. The predicted molar refractivity (Wildman–Crippen MR) is 94.9 cm³/mol. The van der Waals surface area contributed by atoms with Crippen molar-refractivity contribution in [2.75, 3.05) is 0 Å². The summed E-state index contributed by atoms with van der Waals surface area (Å²) in [6.07, 6.45) is -2.93. The van der Waals surface area contributed by atoms with Crippen LogP contribution in [-0.4, -0.2) is 53.7 Å².